The summed E-state index contributed by atoms with van der Waals surface area (Å²) in [6, 6.07) is 6.76. The van der Waals surface area contributed by atoms with Crippen LogP contribution < -0.4 is 0 Å². The summed E-state index contributed by atoms with van der Waals surface area (Å²) in [7, 11) is 1.84. The van der Waals surface area contributed by atoms with Crippen LogP contribution in [-0.4, -0.2) is 54.9 Å². The summed E-state index contributed by atoms with van der Waals surface area (Å²) < 4.78 is 16.7. The van der Waals surface area contributed by atoms with Crippen LogP contribution in [0, 0.1) is 11.8 Å². The van der Waals surface area contributed by atoms with Crippen molar-refractivity contribution >= 4 is 22.8 Å². The number of methoxy groups -OCH3 is 1. The van der Waals surface area contributed by atoms with Crippen molar-refractivity contribution in [2.24, 2.45) is 11.8 Å². The fraction of sp³-hybridized carbons (Fsp3) is 0.619. The lowest BCUT2D eigenvalue weighted by molar-refractivity contribution is -0.00546. The molecule has 0 radical (unpaired) electrons. The third kappa shape index (κ3) is 3.81. The minimum Gasteiger partial charge on any atom is -0.379 e. The van der Waals surface area contributed by atoms with Gasteiger partial charge >= 0.3 is 0 Å². The van der Waals surface area contributed by atoms with Crippen LogP contribution in [0.5, 0.6) is 0 Å². The highest BCUT2D eigenvalue weighted by Crippen LogP contribution is 2.42. The number of likely N-dealkylation sites (tertiary alicyclic amines) is 1. The molecule has 3 aromatic rings. The Bertz CT molecular complexity index is 971. The van der Waals surface area contributed by atoms with Crippen molar-refractivity contribution in [2.75, 3.05) is 20.2 Å². The molecule has 1 aromatic carbocycles. The summed E-state index contributed by atoms with van der Waals surface area (Å²) in [5, 5.41) is 8.81. The molecule has 4 atom stereocenters. The molecule has 0 amide bonds. The fourth-order valence-corrected chi connectivity index (χ4v) is 5.70. The van der Waals surface area contributed by atoms with Gasteiger partial charge in [0.15, 0.2) is 0 Å². The lowest BCUT2D eigenvalue weighted by Crippen LogP contribution is -2.37. The largest absolute Gasteiger partial charge is 0.379 e. The van der Waals surface area contributed by atoms with Gasteiger partial charge in [-0.15, -0.1) is 5.10 Å². The lowest BCUT2D eigenvalue weighted by Gasteiger charge is -2.37. The van der Waals surface area contributed by atoms with Gasteiger partial charge in [0.05, 0.1) is 29.6 Å². The highest BCUT2D eigenvalue weighted by atomic mass is 32.1. The van der Waals surface area contributed by atoms with Gasteiger partial charge < -0.3 is 4.74 Å². The van der Waals surface area contributed by atoms with Gasteiger partial charge in [-0.1, -0.05) is 24.6 Å². The first-order valence-corrected chi connectivity index (χ1v) is 11.3. The maximum absolute atomic E-state index is 5.91. The van der Waals surface area contributed by atoms with Crippen molar-refractivity contribution in [3.63, 3.8) is 0 Å². The topological polar surface area (TPSA) is 69.0 Å². The minimum absolute atomic E-state index is 0.213. The third-order valence-corrected chi connectivity index (χ3v) is 7.15. The lowest BCUT2D eigenvalue weighted by atomic mass is 9.77. The number of hydrogen-bond acceptors (Lipinski definition) is 7. The molecule has 29 heavy (non-hydrogen) atoms. The molecule has 1 saturated heterocycles. The number of aromatic nitrogens is 5. The number of ether oxygens (including phenoxy) is 1. The Morgan fingerprint density at radius 1 is 1.14 bits per heavy atom. The summed E-state index contributed by atoms with van der Waals surface area (Å²) in [5.74, 6) is 1.38. The summed E-state index contributed by atoms with van der Waals surface area (Å²) in [5.41, 5.74) is 4.42. The van der Waals surface area contributed by atoms with E-state index in [-0.39, 0.29) is 12.1 Å². The van der Waals surface area contributed by atoms with E-state index in [2.05, 4.69) is 60.0 Å². The van der Waals surface area contributed by atoms with Gasteiger partial charge in [-0.05, 0) is 48.8 Å². The van der Waals surface area contributed by atoms with E-state index >= 15 is 0 Å². The summed E-state index contributed by atoms with van der Waals surface area (Å²) in [6.45, 7) is 5.44. The molecule has 0 N–H and O–H groups in total. The smallest absolute Gasteiger partial charge is 0.105 e. The number of fused-ring (bicyclic) bond motifs is 2. The molecule has 1 aliphatic carbocycles. The second kappa shape index (κ2) is 8.08. The zero-order valence-electron chi connectivity index (χ0n) is 17.1. The first kappa shape index (κ1) is 19.1. The van der Waals surface area contributed by atoms with Crippen molar-refractivity contribution in [3.8, 4) is 0 Å². The Kier molecular flexibility index (Phi) is 5.32. The molecule has 8 heteroatoms. The van der Waals surface area contributed by atoms with Crippen LogP contribution in [0.1, 0.15) is 43.5 Å². The van der Waals surface area contributed by atoms with Crippen LogP contribution in [0.3, 0.4) is 0 Å². The van der Waals surface area contributed by atoms with E-state index in [4.69, 9.17) is 4.74 Å². The van der Waals surface area contributed by atoms with E-state index < -0.39 is 0 Å². The Balaban J connectivity index is 1.28. The molecule has 0 bridgehead atoms. The average molecular weight is 413 g/mol. The van der Waals surface area contributed by atoms with Crippen LogP contribution >= 0.6 is 11.7 Å². The maximum Gasteiger partial charge on any atom is 0.105 e. The Hall–Kier alpha value is -1.90. The van der Waals surface area contributed by atoms with Crippen molar-refractivity contribution in [1.29, 1.82) is 0 Å². The number of rotatable bonds is 6. The first-order valence-electron chi connectivity index (χ1n) is 10.6. The van der Waals surface area contributed by atoms with Gasteiger partial charge in [0.2, 0.25) is 0 Å². The second-order valence-corrected chi connectivity index (χ2v) is 9.08. The summed E-state index contributed by atoms with van der Waals surface area (Å²) in [4.78, 5) is 2.59. The molecule has 5 rings (SSSR count). The van der Waals surface area contributed by atoms with E-state index in [1.807, 2.05) is 7.11 Å². The van der Waals surface area contributed by atoms with Gasteiger partial charge in [-0.25, -0.2) is 4.68 Å². The van der Waals surface area contributed by atoms with E-state index in [0.29, 0.717) is 11.8 Å². The third-order valence-electron chi connectivity index (χ3n) is 6.59. The van der Waals surface area contributed by atoms with Gasteiger partial charge in [0, 0.05) is 32.9 Å². The first-order chi connectivity index (χ1) is 14.2. The van der Waals surface area contributed by atoms with Crippen LogP contribution in [0.4, 0.5) is 0 Å². The summed E-state index contributed by atoms with van der Waals surface area (Å²) >= 11 is 1.29. The average Bonchev–Trinajstić information content (AvgIpc) is 3.45. The van der Waals surface area contributed by atoms with Crippen LogP contribution in [0.25, 0.3) is 11.0 Å². The molecule has 154 valence electrons. The molecule has 1 saturated carbocycles. The number of hydrogen-bond donors (Lipinski definition) is 0. The highest BCUT2D eigenvalue weighted by Gasteiger charge is 2.43. The Morgan fingerprint density at radius 3 is 2.79 bits per heavy atom. The Morgan fingerprint density at radius 2 is 1.97 bits per heavy atom. The van der Waals surface area contributed by atoms with E-state index in [1.165, 1.54) is 17.3 Å². The second-order valence-electron chi connectivity index (χ2n) is 8.55. The molecular weight excluding hydrogens is 384 g/mol. The molecule has 0 spiro atoms. The van der Waals surface area contributed by atoms with Crippen molar-refractivity contribution in [3.05, 3.63) is 35.7 Å². The quantitative estimate of drug-likeness (QED) is 0.619. The molecule has 7 nitrogen and oxygen atoms in total. The number of aryl methyl sites for hydroxylation is 1. The zero-order chi connectivity index (χ0) is 19.8. The summed E-state index contributed by atoms with van der Waals surface area (Å²) in [6.07, 6.45) is 6.64. The molecule has 2 aliphatic rings. The minimum atomic E-state index is 0.213. The van der Waals surface area contributed by atoms with Gasteiger partial charge in [0.25, 0.3) is 0 Å². The molecule has 0 unspecified atom stereocenters. The predicted molar refractivity (Wildman–Crippen MR) is 113 cm³/mol. The van der Waals surface area contributed by atoms with Gasteiger partial charge in [-0.3, -0.25) is 4.90 Å². The van der Waals surface area contributed by atoms with Crippen molar-refractivity contribution < 1.29 is 4.74 Å². The molecule has 3 heterocycles. The van der Waals surface area contributed by atoms with Crippen LogP contribution in [0.15, 0.2) is 24.4 Å². The zero-order valence-corrected chi connectivity index (χ0v) is 17.9. The van der Waals surface area contributed by atoms with Crippen molar-refractivity contribution in [2.45, 2.75) is 51.3 Å². The van der Waals surface area contributed by atoms with Gasteiger partial charge in [0.1, 0.15) is 11.0 Å². The molecule has 2 fully saturated rings. The SMILES string of the molecule is CCCc1cn([C@@H]2C[C@@H]3CN(Cc4ccc5nsnc5c4)C[C@@H]3C[C@H]2OC)nn1. The Labute approximate surface area is 175 Å². The van der Waals surface area contributed by atoms with E-state index in [9.17, 15) is 0 Å². The van der Waals surface area contributed by atoms with Gasteiger partial charge in [-0.2, -0.15) is 8.75 Å². The fourth-order valence-electron chi connectivity index (χ4n) is 5.18. The number of nitrogens with zero attached hydrogens (tertiary/aromatic N) is 6. The van der Waals surface area contributed by atoms with Crippen molar-refractivity contribution in [1.82, 2.24) is 28.6 Å². The normalized spacial score (nSPS) is 27.5. The highest BCUT2D eigenvalue weighted by molar-refractivity contribution is 7.00. The monoisotopic (exact) mass is 412 g/mol. The van der Waals surface area contributed by atoms with Crippen LogP contribution in [-0.2, 0) is 17.7 Å². The number of benzene rings is 1. The molecule has 1 aliphatic heterocycles. The predicted octanol–water partition coefficient (Wildman–Crippen LogP) is 3.33. The van der Waals surface area contributed by atoms with Crippen LogP contribution in [0.2, 0.25) is 0 Å². The van der Waals surface area contributed by atoms with E-state index in [1.54, 1.807) is 0 Å². The van der Waals surface area contributed by atoms with E-state index in [0.717, 1.165) is 62.0 Å². The molecule has 2 aromatic heterocycles. The molecular formula is C21H28N6OS. The maximum atomic E-state index is 5.91. The standard InChI is InChI=1S/C21H28N6OS/c1-3-4-17-13-27(25-22-17)20-8-15-11-26(12-16(15)9-21(20)28-2)10-14-5-6-18-19(7-14)24-29-23-18/h5-7,13,15-16,20-21H,3-4,8-12H2,1-2H3/t15-,16+,20-,21-/m1/s1.